The summed E-state index contributed by atoms with van der Waals surface area (Å²) >= 11 is 0. The molecule has 0 atom stereocenters. The molecule has 1 fully saturated rings. The minimum Gasteiger partial charge on any atom is -0.300 e. The van der Waals surface area contributed by atoms with Gasteiger partial charge in [-0.3, -0.25) is 9.88 Å². The summed E-state index contributed by atoms with van der Waals surface area (Å²) in [6, 6.07) is 4.95. The molecule has 2 rings (SSSR count). The maximum atomic E-state index is 4.03. The van der Waals surface area contributed by atoms with Gasteiger partial charge < -0.3 is 0 Å². The van der Waals surface area contributed by atoms with Crippen molar-refractivity contribution in [2.75, 3.05) is 13.1 Å². The molecule has 70 valence electrons. The van der Waals surface area contributed by atoms with Gasteiger partial charge in [0.25, 0.3) is 0 Å². The van der Waals surface area contributed by atoms with Crippen LogP contribution in [0.1, 0.15) is 25.3 Å². The first kappa shape index (κ1) is 8.70. The van der Waals surface area contributed by atoms with Crippen molar-refractivity contribution in [2.45, 2.75) is 25.8 Å². The van der Waals surface area contributed by atoms with Crippen LogP contribution in [0.5, 0.6) is 0 Å². The molecule has 0 saturated carbocycles. The molecule has 1 aliphatic rings. The number of aromatic nitrogens is 1. The highest BCUT2D eigenvalue weighted by Gasteiger charge is 2.29. The second kappa shape index (κ2) is 3.46. The van der Waals surface area contributed by atoms with Crippen molar-refractivity contribution in [3.05, 3.63) is 30.1 Å². The van der Waals surface area contributed by atoms with Gasteiger partial charge in [-0.05, 0) is 31.5 Å². The van der Waals surface area contributed by atoms with Gasteiger partial charge in [0.15, 0.2) is 0 Å². The van der Waals surface area contributed by atoms with E-state index in [1.165, 1.54) is 18.7 Å². The van der Waals surface area contributed by atoms with E-state index in [-0.39, 0.29) is 0 Å². The number of hydrogen-bond acceptors (Lipinski definition) is 2. The van der Waals surface area contributed by atoms with E-state index in [1.54, 1.807) is 0 Å². The van der Waals surface area contributed by atoms with Gasteiger partial charge in [0.1, 0.15) is 0 Å². The molecule has 0 bridgehead atoms. The number of rotatable bonds is 2. The zero-order chi connectivity index (χ0) is 9.26. The number of likely N-dealkylation sites (tertiary alicyclic amines) is 1. The molecule has 0 unspecified atom stereocenters. The zero-order valence-corrected chi connectivity index (χ0v) is 8.27. The molecule has 1 aliphatic heterocycles. The van der Waals surface area contributed by atoms with Crippen molar-refractivity contribution in [1.29, 1.82) is 0 Å². The van der Waals surface area contributed by atoms with Gasteiger partial charge in [0.05, 0.1) is 0 Å². The van der Waals surface area contributed by atoms with Crippen LogP contribution in [0.25, 0.3) is 0 Å². The lowest BCUT2D eigenvalue weighted by molar-refractivity contribution is 0.110. The normalized spacial score (nSPS) is 19.0. The number of pyridine rings is 1. The Morgan fingerprint density at radius 1 is 1.31 bits per heavy atom. The van der Waals surface area contributed by atoms with E-state index in [1.807, 2.05) is 12.4 Å². The smallest absolute Gasteiger partial charge is 0.0270 e. The highest BCUT2D eigenvalue weighted by atomic mass is 15.2. The van der Waals surface area contributed by atoms with Crippen LogP contribution >= 0.6 is 0 Å². The van der Waals surface area contributed by atoms with Gasteiger partial charge >= 0.3 is 0 Å². The van der Waals surface area contributed by atoms with Crippen molar-refractivity contribution in [3.63, 3.8) is 0 Å². The molecule has 0 amide bonds. The summed E-state index contributed by atoms with van der Waals surface area (Å²) in [4.78, 5) is 6.52. The minimum atomic E-state index is 0.693. The molecule has 1 aromatic heterocycles. The summed E-state index contributed by atoms with van der Waals surface area (Å²) in [5.41, 5.74) is 1.44. The van der Waals surface area contributed by atoms with Crippen LogP contribution < -0.4 is 0 Å². The van der Waals surface area contributed by atoms with Crippen LogP contribution in [0.15, 0.2) is 24.5 Å². The summed E-state index contributed by atoms with van der Waals surface area (Å²) < 4.78 is 0. The molecule has 2 nitrogen and oxygen atoms in total. The molecule has 0 radical (unpaired) electrons. The third-order valence-corrected chi connectivity index (χ3v) is 2.82. The average molecular weight is 176 g/mol. The molecule has 0 aliphatic carbocycles. The summed E-state index contributed by atoms with van der Waals surface area (Å²) in [6.45, 7) is 6.93. The van der Waals surface area contributed by atoms with Crippen molar-refractivity contribution in [2.24, 2.45) is 0 Å². The fraction of sp³-hybridized carbons (Fsp3) is 0.545. The fourth-order valence-electron chi connectivity index (χ4n) is 1.78. The third kappa shape index (κ3) is 1.73. The Labute approximate surface area is 79.6 Å². The molecule has 2 heterocycles. The van der Waals surface area contributed by atoms with Crippen LogP contribution in [0.4, 0.5) is 0 Å². The largest absolute Gasteiger partial charge is 0.300 e. The molecule has 13 heavy (non-hydrogen) atoms. The van der Waals surface area contributed by atoms with E-state index >= 15 is 0 Å². The highest BCUT2D eigenvalue weighted by molar-refractivity contribution is 5.19. The van der Waals surface area contributed by atoms with Crippen LogP contribution in [0.3, 0.4) is 0 Å². The molecule has 0 spiro atoms. The lowest BCUT2D eigenvalue weighted by atomic mass is 9.91. The minimum absolute atomic E-state index is 0.693. The molecular weight excluding hydrogens is 160 g/mol. The van der Waals surface area contributed by atoms with E-state index in [2.05, 4.69) is 35.9 Å². The van der Waals surface area contributed by atoms with Crippen LogP contribution in [-0.2, 0) is 0 Å². The lowest BCUT2D eigenvalue weighted by Crippen LogP contribution is -2.48. The molecule has 1 aromatic rings. The van der Waals surface area contributed by atoms with Crippen LogP contribution in [-0.4, -0.2) is 29.0 Å². The van der Waals surface area contributed by atoms with Crippen molar-refractivity contribution < 1.29 is 0 Å². The Morgan fingerprint density at radius 2 is 1.92 bits per heavy atom. The quantitative estimate of drug-likeness (QED) is 0.684. The average Bonchev–Trinajstić information content (AvgIpc) is 2.02. The Balaban J connectivity index is 1.94. The molecule has 2 heteroatoms. The summed E-state index contributed by atoms with van der Waals surface area (Å²) in [6.07, 6.45) is 3.76. The van der Waals surface area contributed by atoms with Gasteiger partial charge in [-0.1, -0.05) is 0 Å². The second-order valence-corrected chi connectivity index (χ2v) is 4.03. The molecule has 0 aromatic carbocycles. The standard InChI is InChI=1S/C11H16N2/c1-9(2)13-7-11(8-13)10-3-5-12-6-4-10/h3-6,9,11H,7-8H2,1-2H3. The Hall–Kier alpha value is -0.890. The van der Waals surface area contributed by atoms with Gasteiger partial charge in [-0.25, -0.2) is 0 Å². The van der Waals surface area contributed by atoms with E-state index in [0.717, 1.165) is 5.92 Å². The van der Waals surface area contributed by atoms with E-state index in [0.29, 0.717) is 6.04 Å². The van der Waals surface area contributed by atoms with Crippen LogP contribution in [0, 0.1) is 0 Å². The second-order valence-electron chi connectivity index (χ2n) is 4.03. The van der Waals surface area contributed by atoms with Crippen molar-refractivity contribution in [1.82, 2.24) is 9.88 Å². The van der Waals surface area contributed by atoms with Gasteiger partial charge in [-0.2, -0.15) is 0 Å². The molecular formula is C11H16N2. The zero-order valence-electron chi connectivity index (χ0n) is 8.27. The van der Waals surface area contributed by atoms with Gasteiger partial charge in [-0.15, -0.1) is 0 Å². The Bertz CT molecular complexity index is 263. The summed E-state index contributed by atoms with van der Waals surface area (Å²) in [5.74, 6) is 0.741. The third-order valence-electron chi connectivity index (χ3n) is 2.82. The lowest BCUT2D eigenvalue weighted by Gasteiger charge is -2.42. The van der Waals surface area contributed by atoms with Gasteiger partial charge in [0.2, 0.25) is 0 Å². The molecule has 1 saturated heterocycles. The van der Waals surface area contributed by atoms with Crippen molar-refractivity contribution >= 4 is 0 Å². The fourth-order valence-corrected chi connectivity index (χ4v) is 1.78. The van der Waals surface area contributed by atoms with Gasteiger partial charge in [0, 0.05) is 37.4 Å². The SMILES string of the molecule is CC(C)N1CC(c2ccncc2)C1. The van der Waals surface area contributed by atoms with Crippen molar-refractivity contribution in [3.8, 4) is 0 Å². The highest BCUT2D eigenvalue weighted by Crippen LogP contribution is 2.27. The maximum Gasteiger partial charge on any atom is 0.0270 e. The van der Waals surface area contributed by atoms with E-state index < -0.39 is 0 Å². The topological polar surface area (TPSA) is 16.1 Å². The molecule has 0 N–H and O–H groups in total. The number of nitrogens with zero attached hydrogens (tertiary/aromatic N) is 2. The monoisotopic (exact) mass is 176 g/mol. The van der Waals surface area contributed by atoms with E-state index in [4.69, 9.17) is 0 Å². The number of hydrogen-bond donors (Lipinski definition) is 0. The maximum absolute atomic E-state index is 4.03. The first-order chi connectivity index (χ1) is 6.27. The predicted octanol–water partition coefficient (Wildman–Crippen LogP) is 1.89. The predicted molar refractivity (Wildman–Crippen MR) is 53.7 cm³/mol. The Kier molecular flexibility index (Phi) is 2.32. The Morgan fingerprint density at radius 3 is 2.46 bits per heavy atom. The van der Waals surface area contributed by atoms with Crippen LogP contribution in [0.2, 0.25) is 0 Å². The van der Waals surface area contributed by atoms with E-state index in [9.17, 15) is 0 Å². The first-order valence-corrected chi connectivity index (χ1v) is 4.91. The summed E-state index contributed by atoms with van der Waals surface area (Å²) in [7, 11) is 0. The first-order valence-electron chi connectivity index (χ1n) is 4.91. The summed E-state index contributed by atoms with van der Waals surface area (Å²) in [5, 5.41) is 0.